The molecule has 4 heterocycles. The highest BCUT2D eigenvalue weighted by Crippen LogP contribution is 2.51. The minimum atomic E-state index is 0.330. The van der Waals surface area contributed by atoms with Crippen LogP contribution < -0.4 is 5.32 Å². The van der Waals surface area contributed by atoms with Crippen LogP contribution in [0.3, 0.4) is 0 Å². The monoisotopic (exact) mass is 264 g/mol. The maximum absolute atomic E-state index is 6.02. The third-order valence-corrected chi connectivity index (χ3v) is 6.38. The number of piperidine rings is 3. The second-order valence-electron chi connectivity index (χ2n) is 7.81. The van der Waals surface area contributed by atoms with E-state index in [1.807, 2.05) is 0 Å². The molecule has 108 valence electrons. The topological polar surface area (TPSA) is 24.5 Å². The lowest BCUT2D eigenvalue weighted by atomic mass is 9.55. The Morgan fingerprint density at radius 3 is 2.63 bits per heavy atom. The molecule has 0 aromatic rings. The van der Waals surface area contributed by atoms with Gasteiger partial charge in [-0.3, -0.25) is 0 Å². The van der Waals surface area contributed by atoms with Crippen LogP contribution in [0.15, 0.2) is 0 Å². The first-order valence-corrected chi connectivity index (χ1v) is 8.26. The van der Waals surface area contributed by atoms with Gasteiger partial charge >= 0.3 is 0 Å². The molecule has 0 amide bonds. The van der Waals surface area contributed by atoms with Crippen molar-refractivity contribution < 1.29 is 4.74 Å². The van der Waals surface area contributed by atoms with Crippen molar-refractivity contribution >= 4 is 0 Å². The molecular weight excluding hydrogens is 236 g/mol. The van der Waals surface area contributed by atoms with Crippen LogP contribution in [0.1, 0.15) is 39.5 Å². The minimum Gasteiger partial charge on any atom is -0.377 e. The number of ether oxygens (including phenoxy) is 1. The molecule has 3 heteroatoms. The molecule has 4 aliphatic heterocycles. The molecule has 19 heavy (non-hydrogen) atoms. The first-order valence-electron chi connectivity index (χ1n) is 8.26. The van der Waals surface area contributed by atoms with E-state index in [2.05, 4.69) is 24.1 Å². The van der Waals surface area contributed by atoms with E-state index in [4.69, 9.17) is 4.74 Å². The Morgan fingerprint density at radius 2 is 1.95 bits per heavy atom. The molecule has 3 nitrogen and oxygen atoms in total. The molecule has 0 spiro atoms. The molecule has 0 aromatic heterocycles. The number of hydrogen-bond donors (Lipinski definition) is 1. The van der Waals surface area contributed by atoms with Crippen molar-refractivity contribution in [3.63, 3.8) is 0 Å². The van der Waals surface area contributed by atoms with Crippen molar-refractivity contribution in [1.29, 1.82) is 0 Å². The Kier molecular flexibility index (Phi) is 2.95. The van der Waals surface area contributed by atoms with Crippen molar-refractivity contribution in [2.75, 3.05) is 26.2 Å². The summed E-state index contributed by atoms with van der Waals surface area (Å²) in [5.74, 6) is 1.71. The Hall–Kier alpha value is -0.120. The lowest BCUT2D eigenvalue weighted by Gasteiger charge is -2.62. The second kappa shape index (κ2) is 4.44. The van der Waals surface area contributed by atoms with Gasteiger partial charge in [-0.05, 0) is 44.7 Å². The Labute approximate surface area is 117 Å². The van der Waals surface area contributed by atoms with Crippen LogP contribution in [0.25, 0.3) is 0 Å². The molecular formula is C16H28N2O. The van der Waals surface area contributed by atoms with Gasteiger partial charge in [0.05, 0.1) is 6.10 Å². The molecule has 1 saturated carbocycles. The van der Waals surface area contributed by atoms with Crippen LogP contribution >= 0.6 is 0 Å². The van der Waals surface area contributed by atoms with Crippen LogP contribution in [0.2, 0.25) is 0 Å². The Balaban J connectivity index is 1.45. The molecule has 1 aliphatic carbocycles. The van der Waals surface area contributed by atoms with E-state index in [0.29, 0.717) is 17.6 Å². The van der Waals surface area contributed by atoms with Gasteiger partial charge in [0.2, 0.25) is 0 Å². The molecule has 4 atom stereocenters. The van der Waals surface area contributed by atoms with Crippen molar-refractivity contribution in [2.45, 2.75) is 57.7 Å². The predicted octanol–water partition coefficient (Wildman–Crippen LogP) is 1.87. The average molecular weight is 264 g/mol. The van der Waals surface area contributed by atoms with Crippen LogP contribution in [0.5, 0.6) is 0 Å². The number of nitrogens with one attached hydrogen (secondary N) is 1. The average Bonchev–Trinajstić information content (AvgIpc) is 2.46. The molecule has 5 fully saturated rings. The summed E-state index contributed by atoms with van der Waals surface area (Å²) in [5.41, 5.74) is 0.330. The first-order chi connectivity index (χ1) is 9.16. The van der Waals surface area contributed by atoms with Gasteiger partial charge in [-0.2, -0.15) is 0 Å². The zero-order chi connectivity index (χ0) is 13.0. The van der Waals surface area contributed by atoms with Gasteiger partial charge in [-0.1, -0.05) is 13.8 Å². The summed E-state index contributed by atoms with van der Waals surface area (Å²) in [7, 11) is 0. The SMILES string of the molecule is CC1(C)C(NC2CN3CCC2CC3)C2CCCOC21. The normalized spacial score (nSPS) is 51.5. The van der Waals surface area contributed by atoms with Gasteiger partial charge in [0.1, 0.15) is 0 Å². The van der Waals surface area contributed by atoms with E-state index in [9.17, 15) is 0 Å². The fraction of sp³-hybridized carbons (Fsp3) is 1.00. The highest BCUT2D eigenvalue weighted by molar-refractivity contribution is 5.11. The molecule has 4 unspecified atom stereocenters. The van der Waals surface area contributed by atoms with Gasteiger partial charge in [-0.25, -0.2) is 0 Å². The van der Waals surface area contributed by atoms with E-state index in [1.165, 1.54) is 45.3 Å². The first kappa shape index (κ1) is 12.6. The summed E-state index contributed by atoms with van der Waals surface area (Å²) in [6.07, 6.45) is 5.97. The van der Waals surface area contributed by atoms with E-state index in [-0.39, 0.29) is 0 Å². The minimum absolute atomic E-state index is 0.330. The highest BCUT2D eigenvalue weighted by atomic mass is 16.5. The lowest BCUT2D eigenvalue weighted by molar-refractivity contribution is -0.197. The third kappa shape index (κ3) is 1.89. The van der Waals surface area contributed by atoms with Crippen molar-refractivity contribution in [3.05, 3.63) is 0 Å². The second-order valence-corrected chi connectivity index (χ2v) is 7.81. The smallest absolute Gasteiger partial charge is 0.0684 e. The lowest BCUT2D eigenvalue weighted by Crippen LogP contribution is -2.72. The van der Waals surface area contributed by atoms with E-state index < -0.39 is 0 Å². The summed E-state index contributed by atoms with van der Waals surface area (Å²) < 4.78 is 6.02. The van der Waals surface area contributed by atoms with Crippen molar-refractivity contribution in [2.24, 2.45) is 17.3 Å². The largest absolute Gasteiger partial charge is 0.377 e. The predicted molar refractivity (Wildman–Crippen MR) is 76.1 cm³/mol. The van der Waals surface area contributed by atoms with Crippen molar-refractivity contribution in [3.8, 4) is 0 Å². The van der Waals surface area contributed by atoms with E-state index in [0.717, 1.165) is 24.5 Å². The maximum Gasteiger partial charge on any atom is 0.0684 e. The summed E-state index contributed by atoms with van der Waals surface area (Å²) in [6, 6.07) is 1.43. The van der Waals surface area contributed by atoms with Crippen LogP contribution in [0, 0.1) is 17.3 Å². The standard InChI is InChI=1S/C16H28N2O/c1-16(2)14(12-4-3-9-19-15(12)16)17-13-10-18-7-5-11(13)6-8-18/h11-15,17H,3-10H2,1-2H3. The van der Waals surface area contributed by atoms with E-state index in [1.54, 1.807) is 0 Å². The zero-order valence-corrected chi connectivity index (χ0v) is 12.4. The Bertz CT molecular complexity index is 349. The summed E-state index contributed by atoms with van der Waals surface area (Å²) >= 11 is 0. The van der Waals surface area contributed by atoms with Gasteiger partial charge in [0.25, 0.3) is 0 Å². The molecule has 2 bridgehead atoms. The third-order valence-electron chi connectivity index (χ3n) is 6.38. The van der Waals surface area contributed by atoms with Gasteiger partial charge in [-0.15, -0.1) is 0 Å². The molecule has 0 radical (unpaired) electrons. The number of hydrogen-bond acceptors (Lipinski definition) is 3. The Morgan fingerprint density at radius 1 is 1.16 bits per heavy atom. The van der Waals surface area contributed by atoms with Crippen molar-refractivity contribution in [1.82, 2.24) is 10.2 Å². The number of nitrogens with zero attached hydrogens (tertiary/aromatic N) is 1. The van der Waals surface area contributed by atoms with Gasteiger partial charge in [0, 0.05) is 36.6 Å². The summed E-state index contributed by atoms with van der Waals surface area (Å²) in [5, 5.41) is 4.05. The zero-order valence-electron chi connectivity index (χ0n) is 12.4. The van der Waals surface area contributed by atoms with E-state index >= 15 is 0 Å². The van der Waals surface area contributed by atoms with Gasteiger partial charge in [0.15, 0.2) is 0 Å². The molecule has 0 aromatic carbocycles. The molecule has 5 aliphatic rings. The highest BCUT2D eigenvalue weighted by Gasteiger charge is 2.58. The van der Waals surface area contributed by atoms with Crippen LogP contribution in [0.4, 0.5) is 0 Å². The van der Waals surface area contributed by atoms with Crippen LogP contribution in [-0.4, -0.2) is 49.3 Å². The molecule has 5 rings (SSSR count). The summed E-state index contributed by atoms with van der Waals surface area (Å²) in [6.45, 7) is 9.75. The fourth-order valence-electron chi connectivity index (χ4n) is 5.25. The number of rotatable bonds is 2. The quantitative estimate of drug-likeness (QED) is 0.824. The fourth-order valence-corrected chi connectivity index (χ4v) is 5.25. The van der Waals surface area contributed by atoms with Gasteiger partial charge < -0.3 is 15.0 Å². The van der Waals surface area contributed by atoms with Crippen LogP contribution in [-0.2, 0) is 4.74 Å². The molecule has 1 N–H and O–H groups in total. The number of fused-ring (bicyclic) bond motifs is 4. The summed E-state index contributed by atoms with van der Waals surface area (Å²) in [4.78, 5) is 2.65. The molecule has 4 saturated heterocycles. The maximum atomic E-state index is 6.02.